The van der Waals surface area contributed by atoms with Crippen molar-refractivity contribution in [1.82, 2.24) is 5.32 Å². The number of anilines is 1. The van der Waals surface area contributed by atoms with Crippen LogP contribution in [0.25, 0.3) is 6.08 Å². The molecule has 1 fully saturated rings. The van der Waals surface area contributed by atoms with Gasteiger partial charge in [-0.2, -0.15) is 0 Å². The van der Waals surface area contributed by atoms with Crippen molar-refractivity contribution in [3.05, 3.63) is 63.6 Å². The predicted octanol–water partition coefficient (Wildman–Crippen LogP) is 2.52. The van der Waals surface area contributed by atoms with Gasteiger partial charge in [-0.15, -0.1) is 0 Å². The van der Waals surface area contributed by atoms with Gasteiger partial charge in [-0.25, -0.2) is 9.69 Å². The van der Waals surface area contributed by atoms with Crippen LogP contribution in [0.3, 0.4) is 0 Å². The third-order valence-electron chi connectivity index (χ3n) is 3.81. The first kappa shape index (κ1) is 20.4. The molecule has 148 valence electrons. The van der Waals surface area contributed by atoms with Gasteiger partial charge >= 0.3 is 6.03 Å². The topological polar surface area (TPSA) is 119 Å². The van der Waals surface area contributed by atoms with Crippen LogP contribution >= 0.6 is 23.2 Å². The monoisotopic (exact) mass is 433 g/mol. The largest absolute Gasteiger partial charge is 0.483 e. The van der Waals surface area contributed by atoms with Gasteiger partial charge in [0.05, 0.1) is 5.69 Å². The summed E-state index contributed by atoms with van der Waals surface area (Å²) in [5.41, 5.74) is 5.18. The maximum absolute atomic E-state index is 12.9. The zero-order chi connectivity index (χ0) is 21.1. The summed E-state index contributed by atoms with van der Waals surface area (Å²) in [4.78, 5) is 49.2. The lowest BCUT2D eigenvalue weighted by Crippen LogP contribution is -2.54. The number of amides is 5. The molecule has 0 saturated carbocycles. The summed E-state index contributed by atoms with van der Waals surface area (Å²) >= 11 is 11.9. The summed E-state index contributed by atoms with van der Waals surface area (Å²) in [6, 6.07) is 9.54. The van der Waals surface area contributed by atoms with Gasteiger partial charge in [-0.3, -0.25) is 19.7 Å². The Hall–Kier alpha value is -3.36. The van der Waals surface area contributed by atoms with Crippen molar-refractivity contribution in [2.45, 2.75) is 0 Å². The van der Waals surface area contributed by atoms with Gasteiger partial charge in [-0.05, 0) is 42.5 Å². The van der Waals surface area contributed by atoms with Crippen LogP contribution in [0.15, 0.2) is 48.0 Å². The van der Waals surface area contributed by atoms with Gasteiger partial charge in [-0.1, -0.05) is 29.3 Å². The van der Waals surface area contributed by atoms with E-state index in [0.29, 0.717) is 10.0 Å². The molecule has 0 radical (unpaired) electrons. The minimum absolute atomic E-state index is 0.174. The molecule has 3 N–H and O–H groups in total. The summed E-state index contributed by atoms with van der Waals surface area (Å²) in [5.74, 6) is -2.28. The number of barbiturate groups is 1. The van der Waals surface area contributed by atoms with E-state index in [9.17, 15) is 19.2 Å². The molecule has 1 heterocycles. The molecule has 0 atom stereocenters. The molecular formula is C19H13Cl2N3O5. The van der Waals surface area contributed by atoms with Crippen LogP contribution in [0, 0.1) is 0 Å². The highest BCUT2D eigenvalue weighted by Crippen LogP contribution is 2.28. The Balaban J connectivity index is 2.03. The molecule has 1 saturated heterocycles. The van der Waals surface area contributed by atoms with Crippen LogP contribution < -0.4 is 20.7 Å². The molecule has 3 rings (SSSR count). The molecule has 5 amide bonds. The second-order valence-corrected chi connectivity index (χ2v) is 6.75. The van der Waals surface area contributed by atoms with Crippen LogP contribution in [0.4, 0.5) is 10.5 Å². The summed E-state index contributed by atoms with van der Waals surface area (Å²) in [6.07, 6.45) is 1.21. The number of nitrogens with two attached hydrogens (primary N) is 1. The molecule has 1 aliphatic rings. The number of primary amides is 1. The van der Waals surface area contributed by atoms with E-state index in [4.69, 9.17) is 33.7 Å². The fourth-order valence-electron chi connectivity index (χ4n) is 2.58. The quantitative estimate of drug-likeness (QED) is 0.554. The van der Waals surface area contributed by atoms with Gasteiger partial charge in [0.1, 0.15) is 11.3 Å². The molecule has 2 aromatic rings. The maximum atomic E-state index is 12.9. The summed E-state index contributed by atoms with van der Waals surface area (Å²) < 4.78 is 5.30. The van der Waals surface area contributed by atoms with Crippen LogP contribution in [0.1, 0.15) is 5.56 Å². The number of urea groups is 1. The molecule has 0 bridgehead atoms. The number of hydrogen-bond donors (Lipinski definition) is 2. The van der Waals surface area contributed by atoms with Crippen molar-refractivity contribution in [3.63, 3.8) is 0 Å². The lowest BCUT2D eigenvalue weighted by atomic mass is 10.1. The molecule has 0 aliphatic carbocycles. The second-order valence-electron chi connectivity index (χ2n) is 5.87. The van der Waals surface area contributed by atoms with E-state index < -0.39 is 30.4 Å². The number of benzene rings is 2. The summed E-state index contributed by atoms with van der Waals surface area (Å²) in [5, 5.41) is 2.71. The van der Waals surface area contributed by atoms with Gasteiger partial charge in [0.15, 0.2) is 6.61 Å². The third kappa shape index (κ3) is 4.56. The highest BCUT2D eigenvalue weighted by atomic mass is 35.5. The van der Waals surface area contributed by atoms with Crippen molar-refractivity contribution >= 4 is 58.7 Å². The van der Waals surface area contributed by atoms with Crippen LogP contribution in [0.5, 0.6) is 5.75 Å². The van der Waals surface area contributed by atoms with E-state index >= 15 is 0 Å². The Morgan fingerprint density at radius 3 is 2.52 bits per heavy atom. The lowest BCUT2D eigenvalue weighted by Gasteiger charge is -2.26. The Morgan fingerprint density at radius 2 is 1.83 bits per heavy atom. The molecule has 2 aromatic carbocycles. The smallest absolute Gasteiger partial charge is 0.335 e. The fourth-order valence-corrected chi connectivity index (χ4v) is 2.94. The number of hydrogen-bond acceptors (Lipinski definition) is 5. The molecule has 0 spiro atoms. The SMILES string of the molecule is NC(=O)COc1ccc(Cl)cc1/C=C1\C(=O)NC(=O)N(c2cccc(Cl)c2)C1=O. The first-order chi connectivity index (χ1) is 13.8. The fraction of sp³-hybridized carbons (Fsp3) is 0.0526. The van der Waals surface area contributed by atoms with Crippen molar-refractivity contribution in [3.8, 4) is 5.75 Å². The molecule has 10 heteroatoms. The van der Waals surface area contributed by atoms with Gasteiger partial charge in [0, 0.05) is 15.6 Å². The van der Waals surface area contributed by atoms with E-state index in [1.54, 1.807) is 12.1 Å². The lowest BCUT2D eigenvalue weighted by molar-refractivity contribution is -0.123. The summed E-state index contributed by atoms with van der Waals surface area (Å²) in [7, 11) is 0. The molecule has 0 unspecified atom stereocenters. The number of nitrogens with zero attached hydrogens (tertiary/aromatic N) is 1. The van der Waals surface area contributed by atoms with E-state index in [-0.39, 0.29) is 22.6 Å². The zero-order valence-electron chi connectivity index (χ0n) is 14.6. The highest BCUT2D eigenvalue weighted by Gasteiger charge is 2.37. The molecular weight excluding hydrogens is 421 g/mol. The predicted molar refractivity (Wildman–Crippen MR) is 107 cm³/mol. The average Bonchev–Trinajstić information content (AvgIpc) is 2.64. The van der Waals surface area contributed by atoms with Gasteiger partial charge < -0.3 is 10.5 Å². The Bertz CT molecular complexity index is 1070. The van der Waals surface area contributed by atoms with E-state index in [0.717, 1.165) is 4.90 Å². The van der Waals surface area contributed by atoms with Crippen LogP contribution in [0.2, 0.25) is 10.0 Å². The van der Waals surface area contributed by atoms with E-state index in [1.165, 1.54) is 36.4 Å². The molecule has 29 heavy (non-hydrogen) atoms. The van der Waals surface area contributed by atoms with Gasteiger partial charge in [0.25, 0.3) is 17.7 Å². The van der Waals surface area contributed by atoms with Crippen molar-refractivity contribution in [2.24, 2.45) is 5.73 Å². The summed E-state index contributed by atoms with van der Waals surface area (Å²) in [6.45, 7) is -0.412. The standard InChI is InChI=1S/C19H13Cl2N3O5/c20-11-2-1-3-13(8-11)24-18(27)14(17(26)23-19(24)28)7-10-6-12(21)4-5-15(10)29-9-16(22)25/h1-8H,9H2,(H2,22,25)(H,23,26,28)/b14-7+. The van der Waals surface area contributed by atoms with Crippen molar-refractivity contribution in [2.75, 3.05) is 11.5 Å². The van der Waals surface area contributed by atoms with Crippen LogP contribution in [-0.2, 0) is 14.4 Å². The van der Waals surface area contributed by atoms with Crippen molar-refractivity contribution < 1.29 is 23.9 Å². The minimum atomic E-state index is -0.907. The van der Waals surface area contributed by atoms with E-state index in [2.05, 4.69) is 5.32 Å². The van der Waals surface area contributed by atoms with Crippen molar-refractivity contribution in [1.29, 1.82) is 0 Å². The number of imide groups is 2. The number of halogens is 2. The third-order valence-corrected chi connectivity index (χ3v) is 4.28. The van der Waals surface area contributed by atoms with E-state index in [1.807, 2.05) is 0 Å². The Labute approximate surface area is 174 Å². The number of ether oxygens (including phenoxy) is 1. The van der Waals surface area contributed by atoms with Crippen LogP contribution in [-0.4, -0.2) is 30.4 Å². The number of carbonyl (C=O) groups is 4. The maximum Gasteiger partial charge on any atom is 0.335 e. The minimum Gasteiger partial charge on any atom is -0.483 e. The average molecular weight is 434 g/mol. The molecule has 0 aromatic heterocycles. The number of nitrogens with one attached hydrogen (secondary N) is 1. The normalized spacial score (nSPS) is 15.4. The Morgan fingerprint density at radius 1 is 1.10 bits per heavy atom. The highest BCUT2D eigenvalue weighted by molar-refractivity contribution is 6.39. The number of rotatable bonds is 5. The molecule has 1 aliphatic heterocycles. The number of carbonyl (C=O) groups excluding carboxylic acids is 4. The van der Waals surface area contributed by atoms with Gasteiger partial charge in [0.2, 0.25) is 0 Å². The Kier molecular flexibility index (Phi) is 5.86. The second kappa shape index (κ2) is 8.34. The first-order valence-corrected chi connectivity index (χ1v) is 8.89. The zero-order valence-corrected chi connectivity index (χ0v) is 16.2. The molecule has 8 nitrogen and oxygen atoms in total. The first-order valence-electron chi connectivity index (χ1n) is 8.14.